The normalized spacial score (nSPS) is 21.1. The number of benzene rings is 1. The summed E-state index contributed by atoms with van der Waals surface area (Å²) in [6.45, 7) is 4.82. The van der Waals surface area contributed by atoms with E-state index in [0.717, 1.165) is 12.5 Å². The van der Waals surface area contributed by atoms with Gasteiger partial charge in [0.1, 0.15) is 5.75 Å². The second kappa shape index (κ2) is 6.79. The predicted octanol–water partition coefficient (Wildman–Crippen LogP) is 3.59. The van der Waals surface area contributed by atoms with E-state index in [0.29, 0.717) is 5.75 Å². The SMILES string of the molecule is CCC1CCCCN1CCCc1ccc(O)cc1. The van der Waals surface area contributed by atoms with E-state index in [1.807, 2.05) is 12.1 Å². The molecule has 1 atom stereocenters. The molecule has 1 saturated heterocycles. The molecule has 1 aliphatic rings. The van der Waals surface area contributed by atoms with Gasteiger partial charge in [0.2, 0.25) is 0 Å². The zero-order valence-corrected chi connectivity index (χ0v) is 11.4. The summed E-state index contributed by atoms with van der Waals surface area (Å²) < 4.78 is 0. The van der Waals surface area contributed by atoms with Crippen molar-refractivity contribution in [2.75, 3.05) is 13.1 Å². The zero-order valence-electron chi connectivity index (χ0n) is 11.4. The largest absolute Gasteiger partial charge is 0.508 e. The number of piperidine rings is 1. The molecule has 2 heteroatoms. The van der Waals surface area contributed by atoms with Gasteiger partial charge in [0.15, 0.2) is 0 Å². The average Bonchev–Trinajstić information content (AvgIpc) is 2.41. The summed E-state index contributed by atoms with van der Waals surface area (Å²) in [5, 5.41) is 9.24. The third-order valence-electron chi connectivity index (χ3n) is 4.07. The Morgan fingerprint density at radius 3 is 2.72 bits per heavy atom. The number of nitrogens with zero attached hydrogens (tertiary/aromatic N) is 1. The van der Waals surface area contributed by atoms with Crippen LogP contribution in [0.25, 0.3) is 0 Å². The highest BCUT2D eigenvalue weighted by molar-refractivity contribution is 5.25. The third-order valence-corrected chi connectivity index (χ3v) is 4.07. The molecule has 2 rings (SSSR count). The summed E-state index contributed by atoms with van der Waals surface area (Å²) in [6.07, 6.45) is 7.80. The van der Waals surface area contributed by atoms with Crippen LogP contribution in [-0.4, -0.2) is 29.1 Å². The summed E-state index contributed by atoms with van der Waals surface area (Å²) in [4.78, 5) is 2.67. The summed E-state index contributed by atoms with van der Waals surface area (Å²) in [7, 11) is 0. The number of hydrogen-bond acceptors (Lipinski definition) is 2. The highest BCUT2D eigenvalue weighted by Crippen LogP contribution is 2.20. The maximum atomic E-state index is 9.24. The molecule has 0 radical (unpaired) electrons. The molecule has 0 spiro atoms. The molecule has 2 nitrogen and oxygen atoms in total. The molecule has 1 aromatic rings. The van der Waals surface area contributed by atoms with Crippen molar-refractivity contribution in [2.45, 2.75) is 51.5 Å². The fourth-order valence-corrected chi connectivity index (χ4v) is 2.97. The lowest BCUT2D eigenvalue weighted by Crippen LogP contribution is -2.39. The number of aryl methyl sites for hydroxylation is 1. The molecule has 1 unspecified atom stereocenters. The molecule has 18 heavy (non-hydrogen) atoms. The first-order valence-corrected chi connectivity index (χ1v) is 7.31. The maximum absolute atomic E-state index is 9.24. The van der Waals surface area contributed by atoms with Crippen LogP contribution in [0.3, 0.4) is 0 Å². The quantitative estimate of drug-likeness (QED) is 0.859. The molecule has 0 saturated carbocycles. The van der Waals surface area contributed by atoms with E-state index in [4.69, 9.17) is 0 Å². The number of aromatic hydroxyl groups is 1. The second-order valence-corrected chi connectivity index (χ2v) is 5.36. The first-order valence-electron chi connectivity index (χ1n) is 7.31. The molecule has 1 heterocycles. The van der Waals surface area contributed by atoms with Crippen molar-refractivity contribution in [3.63, 3.8) is 0 Å². The topological polar surface area (TPSA) is 23.5 Å². The third kappa shape index (κ3) is 3.74. The average molecular weight is 247 g/mol. The summed E-state index contributed by atoms with van der Waals surface area (Å²) >= 11 is 0. The minimum absolute atomic E-state index is 0.362. The molecule has 0 aromatic heterocycles. The predicted molar refractivity (Wildman–Crippen MR) is 75.9 cm³/mol. The van der Waals surface area contributed by atoms with Crippen LogP contribution < -0.4 is 0 Å². The Balaban J connectivity index is 1.75. The molecule has 100 valence electrons. The molecule has 0 amide bonds. The first kappa shape index (κ1) is 13.4. The fourth-order valence-electron chi connectivity index (χ4n) is 2.97. The van der Waals surface area contributed by atoms with Crippen LogP contribution in [0.15, 0.2) is 24.3 Å². The second-order valence-electron chi connectivity index (χ2n) is 5.36. The van der Waals surface area contributed by atoms with Crippen LogP contribution >= 0.6 is 0 Å². The Kier molecular flexibility index (Phi) is 5.06. The van der Waals surface area contributed by atoms with Gasteiger partial charge >= 0.3 is 0 Å². The Hall–Kier alpha value is -1.02. The first-order chi connectivity index (χ1) is 8.79. The Morgan fingerprint density at radius 1 is 1.22 bits per heavy atom. The van der Waals surface area contributed by atoms with Crippen molar-refractivity contribution in [2.24, 2.45) is 0 Å². The molecule has 0 aliphatic carbocycles. The molecule has 0 bridgehead atoms. The highest BCUT2D eigenvalue weighted by Gasteiger charge is 2.19. The van der Waals surface area contributed by atoms with Crippen molar-refractivity contribution in [1.29, 1.82) is 0 Å². The van der Waals surface area contributed by atoms with E-state index >= 15 is 0 Å². The number of likely N-dealkylation sites (tertiary alicyclic amines) is 1. The van der Waals surface area contributed by atoms with Crippen molar-refractivity contribution in [1.82, 2.24) is 4.90 Å². The van der Waals surface area contributed by atoms with Crippen LogP contribution in [0.2, 0.25) is 0 Å². The molecule has 1 aromatic carbocycles. The summed E-state index contributed by atoms with van der Waals surface area (Å²) in [6, 6.07) is 8.44. The molecule has 1 aliphatic heterocycles. The Morgan fingerprint density at radius 2 is 2.00 bits per heavy atom. The van der Waals surface area contributed by atoms with Crippen molar-refractivity contribution in [3.05, 3.63) is 29.8 Å². The number of phenols is 1. The maximum Gasteiger partial charge on any atom is 0.115 e. The van der Waals surface area contributed by atoms with Gasteiger partial charge in [-0.1, -0.05) is 25.5 Å². The fraction of sp³-hybridized carbons (Fsp3) is 0.625. The Labute approximate surface area is 111 Å². The van der Waals surface area contributed by atoms with Gasteiger partial charge in [-0.3, -0.25) is 0 Å². The van der Waals surface area contributed by atoms with E-state index in [-0.39, 0.29) is 0 Å². The Bertz CT molecular complexity index is 347. The monoisotopic (exact) mass is 247 g/mol. The van der Waals surface area contributed by atoms with Crippen molar-refractivity contribution in [3.8, 4) is 5.75 Å². The number of hydrogen-bond donors (Lipinski definition) is 1. The number of rotatable bonds is 5. The van der Waals surface area contributed by atoms with Gasteiger partial charge in [-0.2, -0.15) is 0 Å². The van der Waals surface area contributed by atoms with E-state index < -0.39 is 0 Å². The van der Waals surface area contributed by atoms with Crippen molar-refractivity contribution < 1.29 is 5.11 Å². The van der Waals surface area contributed by atoms with Gasteiger partial charge in [0, 0.05) is 6.04 Å². The van der Waals surface area contributed by atoms with Gasteiger partial charge < -0.3 is 10.0 Å². The van der Waals surface area contributed by atoms with Gasteiger partial charge in [-0.05, 0) is 62.9 Å². The lowest BCUT2D eigenvalue weighted by atomic mass is 9.99. The molecular weight excluding hydrogens is 222 g/mol. The van der Waals surface area contributed by atoms with E-state index in [1.165, 1.54) is 50.8 Å². The van der Waals surface area contributed by atoms with Crippen molar-refractivity contribution >= 4 is 0 Å². The summed E-state index contributed by atoms with van der Waals surface area (Å²) in [5.74, 6) is 0.362. The molecular formula is C16H25NO. The molecule has 1 fully saturated rings. The van der Waals surface area contributed by atoms with E-state index in [2.05, 4.69) is 11.8 Å². The zero-order chi connectivity index (χ0) is 12.8. The molecule has 1 N–H and O–H groups in total. The minimum Gasteiger partial charge on any atom is -0.508 e. The van der Waals surface area contributed by atoms with Gasteiger partial charge in [0.25, 0.3) is 0 Å². The van der Waals surface area contributed by atoms with Crippen LogP contribution in [-0.2, 0) is 6.42 Å². The van der Waals surface area contributed by atoms with Crippen LogP contribution in [0, 0.1) is 0 Å². The van der Waals surface area contributed by atoms with E-state index in [9.17, 15) is 5.11 Å². The lowest BCUT2D eigenvalue weighted by Gasteiger charge is -2.35. The van der Waals surface area contributed by atoms with Crippen LogP contribution in [0.4, 0.5) is 0 Å². The smallest absolute Gasteiger partial charge is 0.115 e. The van der Waals surface area contributed by atoms with Crippen LogP contribution in [0.5, 0.6) is 5.75 Å². The lowest BCUT2D eigenvalue weighted by molar-refractivity contribution is 0.142. The number of phenolic OH excluding ortho intramolecular Hbond substituents is 1. The highest BCUT2D eigenvalue weighted by atomic mass is 16.3. The van der Waals surface area contributed by atoms with Gasteiger partial charge in [-0.25, -0.2) is 0 Å². The van der Waals surface area contributed by atoms with Gasteiger partial charge in [0.05, 0.1) is 0 Å². The van der Waals surface area contributed by atoms with E-state index in [1.54, 1.807) is 12.1 Å². The summed E-state index contributed by atoms with van der Waals surface area (Å²) in [5.41, 5.74) is 1.33. The van der Waals surface area contributed by atoms with Gasteiger partial charge in [-0.15, -0.1) is 0 Å². The standard InChI is InChI=1S/C16H25NO/c1-2-15-7-3-4-12-17(15)13-5-6-14-8-10-16(18)11-9-14/h8-11,15,18H,2-7,12-13H2,1H3. The van der Waals surface area contributed by atoms with Crippen LogP contribution in [0.1, 0.15) is 44.6 Å². The minimum atomic E-state index is 0.362.